The summed E-state index contributed by atoms with van der Waals surface area (Å²) in [5, 5.41) is 73.7. The fourth-order valence-corrected chi connectivity index (χ4v) is 16.7. The van der Waals surface area contributed by atoms with Crippen LogP contribution in [0, 0.1) is 11.8 Å². The lowest BCUT2D eigenvalue weighted by atomic mass is 9.68. The Labute approximate surface area is 552 Å². The SMILES string of the molecule is CCCC(C)(N)c1cc(S(=O)(=O)c2ccc(O)c(NCC(O)COc3ccc(C4(c5ccc(OCC(O)CNC6(C)CC(C)Oc7ccc(S(C)(=O)(O)c8ccc(O)c(NC(=O)C9CC=CC[C@H]9C(=O)O)c8)cc76)cc5)c5ccccc5-c5ccccc54)cc3)c2)ccc1O. The van der Waals surface area contributed by atoms with Crippen LogP contribution in [-0.2, 0) is 45.3 Å². The topological polar surface area (TPSA) is 317 Å². The molecule has 8 aromatic carbocycles. The molecule has 3 aliphatic rings. The number of ether oxygens (including phenoxy) is 3. The molecule has 2 aliphatic carbocycles. The quantitative estimate of drug-likeness (QED) is 0.0198. The van der Waals surface area contributed by atoms with Gasteiger partial charge in [0.2, 0.25) is 15.7 Å². The lowest BCUT2D eigenvalue weighted by molar-refractivity contribution is -0.146. The van der Waals surface area contributed by atoms with E-state index in [0.29, 0.717) is 47.6 Å². The van der Waals surface area contributed by atoms with E-state index >= 15 is 4.21 Å². The number of phenols is 3. The van der Waals surface area contributed by atoms with E-state index in [1.807, 2.05) is 93.6 Å². The van der Waals surface area contributed by atoms with Gasteiger partial charge in [-0.25, -0.2) is 8.42 Å². The minimum atomic E-state index is -4.97. The highest BCUT2D eigenvalue weighted by molar-refractivity contribution is 8.14. The molecular formula is C74H80N4O15S2. The third-order valence-corrected chi connectivity index (χ3v) is 23.1. The number of carboxylic acids is 1. The summed E-state index contributed by atoms with van der Waals surface area (Å²) >= 11 is 0. The maximum absolute atomic E-state index is 15.0. The number of anilines is 2. The number of allylic oxidation sites excluding steroid dienone is 2. The van der Waals surface area contributed by atoms with Crippen LogP contribution >= 0.6 is 0 Å². The van der Waals surface area contributed by atoms with Gasteiger partial charge in [-0.2, -0.15) is 4.21 Å². The minimum absolute atomic E-state index is 0.0369. The molecular weight excluding hydrogens is 1250 g/mol. The number of aliphatic hydroxyl groups excluding tert-OH is 2. The predicted octanol–water partition coefficient (Wildman–Crippen LogP) is 11.2. The van der Waals surface area contributed by atoms with E-state index in [9.17, 15) is 53.2 Å². The van der Waals surface area contributed by atoms with Gasteiger partial charge in [-0.15, -0.1) is 9.35 Å². The van der Waals surface area contributed by atoms with Crippen LogP contribution < -0.4 is 35.9 Å². The first-order valence-electron chi connectivity index (χ1n) is 31.6. The number of sulfone groups is 1. The number of carboxylic acid groups (broad SMARTS) is 1. The number of carbonyl (C=O) groups excluding carboxylic acids is 1. The second kappa shape index (κ2) is 26.3. The molecule has 1 aliphatic heterocycles. The van der Waals surface area contributed by atoms with Crippen molar-refractivity contribution in [2.75, 3.05) is 43.2 Å². The summed E-state index contributed by atoms with van der Waals surface area (Å²) in [4.78, 5) is 25.1. The molecule has 1 amide bonds. The number of nitrogens with two attached hydrogens (primary N) is 1. The molecule has 7 atom stereocenters. The number of phenolic OH excluding ortho intramolecular Hbond substituents is 3. The van der Waals surface area contributed by atoms with Gasteiger partial charge in [-0.1, -0.05) is 98.3 Å². The van der Waals surface area contributed by atoms with Crippen molar-refractivity contribution in [1.29, 1.82) is 0 Å². The Morgan fingerprint density at radius 1 is 0.695 bits per heavy atom. The summed E-state index contributed by atoms with van der Waals surface area (Å²) < 4.78 is 73.7. The number of nitrogens with one attached hydrogen (secondary N) is 3. The Hall–Kier alpha value is -9.06. The third-order valence-electron chi connectivity index (χ3n) is 18.6. The molecule has 0 aromatic heterocycles. The van der Waals surface area contributed by atoms with E-state index in [4.69, 9.17) is 19.9 Å². The zero-order chi connectivity index (χ0) is 67.9. The van der Waals surface area contributed by atoms with Crippen molar-refractivity contribution in [1.82, 2.24) is 5.32 Å². The van der Waals surface area contributed by atoms with Gasteiger partial charge in [-0.3, -0.25) is 14.1 Å². The molecule has 0 spiro atoms. The Bertz CT molecular complexity index is 4390. The zero-order valence-corrected chi connectivity index (χ0v) is 55.0. The van der Waals surface area contributed by atoms with Crippen molar-refractivity contribution in [2.24, 2.45) is 17.6 Å². The van der Waals surface area contributed by atoms with Gasteiger partial charge >= 0.3 is 5.97 Å². The van der Waals surface area contributed by atoms with Crippen molar-refractivity contribution in [3.8, 4) is 45.6 Å². The van der Waals surface area contributed by atoms with Gasteiger partial charge in [0.25, 0.3) is 0 Å². The van der Waals surface area contributed by atoms with Crippen molar-refractivity contribution in [3.63, 3.8) is 0 Å². The molecule has 1 heterocycles. The standard InChI is InChI=1S/C74H80N4O15S2/c1-6-35-72(3,75)62-36-52(27-31-66(62)81)94(87,88)53-28-32-67(82)64(37-53)76-41-48(79)43-91-50-23-19-46(20-24-50)74(60-17-11-9-13-56(60)57-14-10-12-18-61(57)74)47-21-25-51(26-22-47)92-44-49(80)42-77-73(4)40-45(2)93-69-34-30-54(38-63(69)73)95(5,89,90)55-29-33-68(83)65(39-55)78-70(84)58-15-7-8-16-59(58)71(85)86/h7-14,17-34,36-39,45,48-49,58-59,76-77,79-83H,6,15-16,35,40-44,75H2,1-5H3,(H,78,84)(H,85,86)(H,89,90)/t45?,48?,49?,58?,59-,72?,73?/m1/s1. The average molecular weight is 1330 g/mol. The normalized spacial score (nSPS) is 19.6. The van der Waals surface area contributed by atoms with E-state index < -0.39 is 71.6 Å². The van der Waals surface area contributed by atoms with Crippen LogP contribution in [0.3, 0.4) is 0 Å². The van der Waals surface area contributed by atoms with Crippen LogP contribution in [0.5, 0.6) is 34.5 Å². The monoisotopic (exact) mass is 1330 g/mol. The zero-order valence-electron chi connectivity index (χ0n) is 53.4. The van der Waals surface area contributed by atoms with Gasteiger partial charge in [0.05, 0.1) is 54.3 Å². The molecule has 11 rings (SSSR count). The molecule has 0 saturated carbocycles. The third kappa shape index (κ3) is 13.3. The van der Waals surface area contributed by atoms with E-state index in [1.165, 1.54) is 66.9 Å². The Kier molecular flexibility index (Phi) is 18.6. The fourth-order valence-electron chi connectivity index (χ4n) is 13.6. The average Bonchev–Trinajstić information content (AvgIpc) is 1.63. The van der Waals surface area contributed by atoms with Gasteiger partial charge in [-0.05, 0) is 170 Å². The number of aliphatic hydroxyl groups is 2. The van der Waals surface area contributed by atoms with Gasteiger partial charge < -0.3 is 66.5 Å². The number of carbonyl (C=O) groups is 2. The maximum Gasteiger partial charge on any atom is 0.307 e. The van der Waals surface area contributed by atoms with Gasteiger partial charge in [0, 0.05) is 48.0 Å². The molecule has 0 radical (unpaired) electrons. The molecule has 498 valence electrons. The highest BCUT2D eigenvalue weighted by Crippen LogP contribution is 2.56. The summed E-state index contributed by atoms with van der Waals surface area (Å²) in [5.74, 6) is -2.89. The molecule has 21 heteroatoms. The largest absolute Gasteiger partial charge is 0.508 e. The first-order valence-corrected chi connectivity index (χ1v) is 35.4. The first kappa shape index (κ1) is 67.4. The molecule has 12 N–H and O–H groups in total. The maximum atomic E-state index is 15.0. The van der Waals surface area contributed by atoms with Crippen LogP contribution in [0.15, 0.2) is 202 Å². The summed E-state index contributed by atoms with van der Waals surface area (Å²) in [6, 6.07) is 48.3. The van der Waals surface area contributed by atoms with Crippen molar-refractivity contribution < 1.29 is 71.6 Å². The number of hydrogen-bond acceptors (Lipinski definition) is 16. The molecule has 0 bridgehead atoms. The van der Waals surface area contributed by atoms with E-state index in [2.05, 4.69) is 40.2 Å². The number of aliphatic carboxylic acids is 1. The second-order valence-corrected chi connectivity index (χ2v) is 31.1. The van der Waals surface area contributed by atoms with E-state index in [-0.39, 0.29) is 93.5 Å². The summed E-state index contributed by atoms with van der Waals surface area (Å²) in [6.07, 6.45) is 4.24. The molecule has 8 aromatic rings. The van der Waals surface area contributed by atoms with Crippen molar-refractivity contribution >= 4 is 42.4 Å². The highest BCUT2D eigenvalue weighted by Gasteiger charge is 2.46. The van der Waals surface area contributed by atoms with E-state index in [1.54, 1.807) is 31.2 Å². The second-order valence-electron chi connectivity index (χ2n) is 25.7. The highest BCUT2D eigenvalue weighted by atomic mass is 32.3. The van der Waals surface area contributed by atoms with Gasteiger partial charge in [0.15, 0.2) is 0 Å². The molecule has 95 heavy (non-hydrogen) atoms. The first-order chi connectivity index (χ1) is 45.1. The van der Waals surface area contributed by atoms with Crippen LogP contribution in [0.1, 0.15) is 93.2 Å². The Morgan fingerprint density at radius 3 is 1.82 bits per heavy atom. The summed E-state index contributed by atoms with van der Waals surface area (Å²) in [6.45, 7) is 7.26. The number of benzene rings is 8. The molecule has 19 nitrogen and oxygen atoms in total. The lowest BCUT2D eigenvalue weighted by Crippen LogP contribution is -2.49. The molecule has 0 saturated heterocycles. The van der Waals surface area contributed by atoms with Gasteiger partial charge in [0.1, 0.15) is 59.9 Å². The molecule has 0 fully saturated rings. The van der Waals surface area contributed by atoms with Crippen LogP contribution in [-0.4, -0.2) is 111 Å². The Balaban J connectivity index is 0.756. The minimum Gasteiger partial charge on any atom is -0.508 e. The fraction of sp³-hybridized carbons (Fsp3) is 0.297. The predicted molar refractivity (Wildman–Crippen MR) is 363 cm³/mol. The smallest absolute Gasteiger partial charge is 0.307 e. The van der Waals surface area contributed by atoms with Crippen molar-refractivity contribution in [2.45, 2.75) is 114 Å². The number of rotatable bonds is 24. The number of aromatic hydroxyl groups is 3. The molecule has 6 unspecified atom stereocenters. The number of hydrogen-bond donors (Lipinski definition) is 11. The van der Waals surface area contributed by atoms with Crippen molar-refractivity contribution in [3.05, 3.63) is 215 Å². The summed E-state index contributed by atoms with van der Waals surface area (Å²) in [7, 11) is -9.10. The van der Waals surface area contributed by atoms with Crippen LogP contribution in [0.2, 0.25) is 0 Å². The number of fused-ring (bicyclic) bond motifs is 4. The Morgan fingerprint density at radius 2 is 1.22 bits per heavy atom. The van der Waals surface area contributed by atoms with Crippen LogP contribution in [0.25, 0.3) is 11.1 Å². The summed E-state index contributed by atoms with van der Waals surface area (Å²) in [5.41, 5.74) is 10.8. The number of amides is 1. The van der Waals surface area contributed by atoms with E-state index in [0.717, 1.165) is 33.4 Å². The van der Waals surface area contributed by atoms with Crippen LogP contribution in [0.4, 0.5) is 11.4 Å². The lowest BCUT2D eigenvalue weighted by Gasteiger charge is -2.43.